The second kappa shape index (κ2) is 9.57. The molecule has 1 amide bonds. The van der Waals surface area contributed by atoms with Gasteiger partial charge in [-0.1, -0.05) is 38.1 Å². The summed E-state index contributed by atoms with van der Waals surface area (Å²) >= 11 is 0. The SMILES string of the molecule is Cc1nn(C)c(C)c1CCC(=O)NCc1ccccc1CN1C[C@H](C)C[C@H](C)C1. The smallest absolute Gasteiger partial charge is 0.220 e. The van der Waals surface area contributed by atoms with Crippen LogP contribution in [0.3, 0.4) is 0 Å². The van der Waals surface area contributed by atoms with E-state index in [4.69, 9.17) is 0 Å². The zero-order chi connectivity index (χ0) is 21.0. The van der Waals surface area contributed by atoms with E-state index in [2.05, 4.69) is 60.4 Å². The normalized spacial score (nSPS) is 20.0. The minimum Gasteiger partial charge on any atom is -0.352 e. The highest BCUT2D eigenvalue weighted by atomic mass is 16.1. The van der Waals surface area contributed by atoms with Crippen molar-refractivity contribution in [2.24, 2.45) is 18.9 Å². The Morgan fingerprint density at radius 3 is 2.41 bits per heavy atom. The highest BCUT2D eigenvalue weighted by Gasteiger charge is 2.22. The molecular formula is C24H36N4O. The van der Waals surface area contributed by atoms with Crippen molar-refractivity contribution in [1.29, 1.82) is 0 Å². The first-order valence-electron chi connectivity index (χ1n) is 10.9. The molecule has 0 bridgehead atoms. The van der Waals surface area contributed by atoms with Gasteiger partial charge in [-0.2, -0.15) is 5.10 Å². The maximum atomic E-state index is 12.5. The molecule has 2 heterocycles. The maximum Gasteiger partial charge on any atom is 0.220 e. The Kier molecular flexibility index (Phi) is 7.12. The molecule has 3 rings (SSSR count). The van der Waals surface area contributed by atoms with Crippen LogP contribution in [-0.4, -0.2) is 33.7 Å². The number of hydrogen-bond acceptors (Lipinski definition) is 3. The third kappa shape index (κ3) is 5.69. The second-order valence-corrected chi connectivity index (χ2v) is 8.96. The van der Waals surface area contributed by atoms with E-state index in [9.17, 15) is 4.79 Å². The molecule has 0 unspecified atom stereocenters. The van der Waals surface area contributed by atoms with Crippen LogP contribution in [0, 0.1) is 25.7 Å². The van der Waals surface area contributed by atoms with Gasteiger partial charge in [0.05, 0.1) is 5.69 Å². The summed E-state index contributed by atoms with van der Waals surface area (Å²) in [4.78, 5) is 15.0. The van der Waals surface area contributed by atoms with E-state index < -0.39 is 0 Å². The molecule has 0 saturated carbocycles. The Morgan fingerprint density at radius 2 is 1.79 bits per heavy atom. The Labute approximate surface area is 175 Å². The number of benzene rings is 1. The fourth-order valence-corrected chi connectivity index (χ4v) is 4.75. The number of likely N-dealkylation sites (tertiary alicyclic amines) is 1. The van der Waals surface area contributed by atoms with E-state index in [1.54, 1.807) is 0 Å². The minimum absolute atomic E-state index is 0.0997. The number of carbonyl (C=O) groups is 1. The third-order valence-corrected chi connectivity index (χ3v) is 6.19. The van der Waals surface area contributed by atoms with Crippen molar-refractivity contribution in [1.82, 2.24) is 20.0 Å². The average molecular weight is 397 g/mol. The van der Waals surface area contributed by atoms with Crippen LogP contribution in [0.25, 0.3) is 0 Å². The van der Waals surface area contributed by atoms with Crippen LogP contribution in [0.4, 0.5) is 0 Å². The number of carbonyl (C=O) groups excluding carboxylic acids is 1. The summed E-state index contributed by atoms with van der Waals surface area (Å²) < 4.78 is 1.89. The predicted octanol–water partition coefficient (Wildman–Crippen LogP) is 3.76. The summed E-state index contributed by atoms with van der Waals surface area (Å²) in [5, 5.41) is 7.57. The van der Waals surface area contributed by atoms with Crippen molar-refractivity contribution in [2.75, 3.05) is 13.1 Å². The molecule has 1 saturated heterocycles. The van der Waals surface area contributed by atoms with Gasteiger partial charge in [-0.05, 0) is 55.2 Å². The molecule has 5 nitrogen and oxygen atoms in total. The van der Waals surface area contributed by atoms with E-state index in [0.717, 1.165) is 49.3 Å². The van der Waals surface area contributed by atoms with E-state index in [-0.39, 0.29) is 5.91 Å². The lowest BCUT2D eigenvalue weighted by atomic mass is 9.91. The largest absolute Gasteiger partial charge is 0.352 e. The Hall–Kier alpha value is -2.14. The Morgan fingerprint density at radius 1 is 1.14 bits per heavy atom. The summed E-state index contributed by atoms with van der Waals surface area (Å²) in [6.07, 6.45) is 2.56. The lowest BCUT2D eigenvalue weighted by molar-refractivity contribution is -0.121. The molecule has 1 aliphatic rings. The predicted molar refractivity (Wildman–Crippen MR) is 118 cm³/mol. The topological polar surface area (TPSA) is 50.2 Å². The molecule has 0 spiro atoms. The van der Waals surface area contributed by atoms with Crippen molar-refractivity contribution >= 4 is 5.91 Å². The number of hydrogen-bond donors (Lipinski definition) is 1. The van der Waals surface area contributed by atoms with Gasteiger partial charge in [0.2, 0.25) is 5.91 Å². The van der Waals surface area contributed by atoms with Crippen molar-refractivity contribution < 1.29 is 4.79 Å². The number of aromatic nitrogens is 2. The number of nitrogens with one attached hydrogen (secondary N) is 1. The molecule has 0 radical (unpaired) electrons. The van der Waals surface area contributed by atoms with Crippen LogP contribution in [0.1, 0.15) is 54.8 Å². The van der Waals surface area contributed by atoms with Gasteiger partial charge >= 0.3 is 0 Å². The highest BCUT2D eigenvalue weighted by molar-refractivity contribution is 5.76. The number of nitrogens with zero attached hydrogens (tertiary/aromatic N) is 3. The maximum absolute atomic E-state index is 12.5. The van der Waals surface area contributed by atoms with Crippen LogP contribution in [0.15, 0.2) is 24.3 Å². The van der Waals surface area contributed by atoms with Crippen molar-refractivity contribution in [2.45, 2.75) is 60.0 Å². The van der Waals surface area contributed by atoms with Gasteiger partial charge in [-0.15, -0.1) is 0 Å². The molecule has 1 aromatic carbocycles. The average Bonchev–Trinajstić information content (AvgIpc) is 2.90. The van der Waals surface area contributed by atoms with Gasteiger partial charge < -0.3 is 5.32 Å². The Bertz CT molecular complexity index is 831. The highest BCUT2D eigenvalue weighted by Crippen LogP contribution is 2.23. The van der Waals surface area contributed by atoms with Crippen LogP contribution < -0.4 is 5.32 Å². The molecule has 0 aliphatic carbocycles. The molecule has 2 atom stereocenters. The zero-order valence-corrected chi connectivity index (χ0v) is 18.7. The molecule has 1 fully saturated rings. The number of amides is 1. The van der Waals surface area contributed by atoms with Gasteiger partial charge in [0.15, 0.2) is 0 Å². The van der Waals surface area contributed by atoms with Crippen LogP contribution in [0.5, 0.6) is 0 Å². The van der Waals surface area contributed by atoms with Crippen LogP contribution in [0.2, 0.25) is 0 Å². The van der Waals surface area contributed by atoms with E-state index in [1.165, 1.54) is 23.1 Å². The number of aryl methyl sites for hydroxylation is 2. The van der Waals surface area contributed by atoms with E-state index in [1.807, 2.05) is 18.7 Å². The van der Waals surface area contributed by atoms with Gasteiger partial charge in [0.1, 0.15) is 0 Å². The fraction of sp³-hybridized carbons (Fsp3) is 0.583. The van der Waals surface area contributed by atoms with Gasteiger partial charge in [-0.25, -0.2) is 0 Å². The first-order chi connectivity index (χ1) is 13.8. The summed E-state index contributed by atoms with van der Waals surface area (Å²) in [5.74, 6) is 1.61. The minimum atomic E-state index is 0.0997. The summed E-state index contributed by atoms with van der Waals surface area (Å²) in [6.45, 7) is 12.7. The van der Waals surface area contributed by atoms with Gasteiger partial charge in [-0.3, -0.25) is 14.4 Å². The Balaban J connectivity index is 1.54. The van der Waals surface area contributed by atoms with Crippen molar-refractivity contribution in [3.8, 4) is 0 Å². The fourth-order valence-electron chi connectivity index (χ4n) is 4.75. The quantitative estimate of drug-likeness (QED) is 0.775. The first kappa shape index (κ1) is 21.6. The second-order valence-electron chi connectivity index (χ2n) is 8.96. The van der Waals surface area contributed by atoms with Gasteiger partial charge in [0, 0.05) is 45.3 Å². The molecule has 1 aliphatic heterocycles. The lowest BCUT2D eigenvalue weighted by Crippen LogP contribution is -2.38. The first-order valence-corrected chi connectivity index (χ1v) is 10.9. The molecule has 1 aromatic heterocycles. The van der Waals surface area contributed by atoms with E-state index >= 15 is 0 Å². The van der Waals surface area contributed by atoms with Crippen molar-refractivity contribution in [3.05, 3.63) is 52.3 Å². The van der Waals surface area contributed by atoms with Gasteiger partial charge in [0.25, 0.3) is 0 Å². The standard InChI is InChI=1S/C24H36N4O/c1-17-12-18(2)15-28(14-17)16-22-9-7-6-8-21(22)13-25-24(29)11-10-23-19(3)26-27(5)20(23)4/h6-9,17-18H,10-16H2,1-5H3,(H,25,29)/t17-,18+. The number of rotatable bonds is 7. The van der Waals surface area contributed by atoms with Crippen molar-refractivity contribution in [3.63, 3.8) is 0 Å². The van der Waals surface area contributed by atoms with E-state index in [0.29, 0.717) is 13.0 Å². The molecule has 158 valence electrons. The third-order valence-electron chi connectivity index (χ3n) is 6.19. The molecular weight excluding hydrogens is 360 g/mol. The molecule has 29 heavy (non-hydrogen) atoms. The zero-order valence-electron chi connectivity index (χ0n) is 18.7. The lowest BCUT2D eigenvalue weighted by Gasteiger charge is -2.35. The molecule has 1 N–H and O–H groups in total. The summed E-state index contributed by atoms with van der Waals surface area (Å²) in [5.41, 5.74) is 5.91. The monoisotopic (exact) mass is 396 g/mol. The summed E-state index contributed by atoms with van der Waals surface area (Å²) in [7, 11) is 1.95. The summed E-state index contributed by atoms with van der Waals surface area (Å²) in [6, 6.07) is 8.51. The molecule has 2 aromatic rings. The van der Waals surface area contributed by atoms with Crippen LogP contribution >= 0.6 is 0 Å². The number of piperidine rings is 1. The molecule has 5 heteroatoms. The van der Waals surface area contributed by atoms with Crippen LogP contribution in [-0.2, 0) is 31.4 Å².